The quantitative estimate of drug-likeness (QED) is 0.415. The molecule has 0 aliphatic rings. The minimum Gasteiger partial charge on any atom is -0.361 e. The smallest absolute Gasteiger partial charge is 0.258 e. The van der Waals surface area contributed by atoms with Gasteiger partial charge in [-0.1, -0.05) is 36.7 Å². The molecule has 0 aliphatic heterocycles. The first-order valence-corrected chi connectivity index (χ1v) is 10.9. The number of benzene rings is 2. The molecule has 0 radical (unpaired) electrons. The Morgan fingerprint density at radius 2 is 2.00 bits per heavy atom. The molecule has 4 rings (SSSR count). The van der Waals surface area contributed by atoms with Crippen LogP contribution in [-0.4, -0.2) is 32.3 Å². The Labute approximate surface area is 185 Å². The lowest BCUT2D eigenvalue weighted by Gasteiger charge is -2.21. The van der Waals surface area contributed by atoms with E-state index in [2.05, 4.69) is 27.1 Å². The number of nitrogens with zero attached hydrogens (tertiary/aromatic N) is 2. The van der Waals surface area contributed by atoms with Crippen molar-refractivity contribution in [2.75, 3.05) is 6.54 Å². The van der Waals surface area contributed by atoms with Crippen molar-refractivity contribution in [1.29, 1.82) is 0 Å². The minimum absolute atomic E-state index is 0.0653. The molecule has 6 nitrogen and oxygen atoms in total. The number of aromatic amines is 2. The summed E-state index contributed by atoms with van der Waals surface area (Å²) in [7, 11) is 0. The molecule has 0 aliphatic carbocycles. The summed E-state index contributed by atoms with van der Waals surface area (Å²) in [5, 5.41) is 2.22. The SMILES string of the molecule is CCCN(Cc1nc2cc(Cl)ccc2c(=O)[nH]1)C(=O)CCCc1c[nH]c2ccccc12. The lowest BCUT2D eigenvalue weighted by molar-refractivity contribution is -0.132. The molecule has 7 heteroatoms. The molecule has 0 saturated heterocycles. The van der Waals surface area contributed by atoms with Crippen LogP contribution in [0.1, 0.15) is 37.6 Å². The molecule has 0 fully saturated rings. The summed E-state index contributed by atoms with van der Waals surface area (Å²) >= 11 is 6.05. The highest BCUT2D eigenvalue weighted by Gasteiger charge is 2.16. The second kappa shape index (κ2) is 9.35. The number of amides is 1. The third-order valence-electron chi connectivity index (χ3n) is 5.42. The minimum atomic E-state index is -0.222. The van der Waals surface area contributed by atoms with Crippen LogP contribution in [0.5, 0.6) is 0 Å². The van der Waals surface area contributed by atoms with Crippen molar-refractivity contribution in [2.24, 2.45) is 0 Å². The van der Waals surface area contributed by atoms with E-state index in [1.165, 1.54) is 10.9 Å². The predicted octanol–water partition coefficient (Wildman–Crippen LogP) is 4.82. The van der Waals surface area contributed by atoms with Crippen LogP contribution in [0.4, 0.5) is 0 Å². The number of H-pyrrole nitrogens is 2. The molecule has 2 N–H and O–H groups in total. The van der Waals surface area contributed by atoms with Gasteiger partial charge in [-0.15, -0.1) is 0 Å². The van der Waals surface area contributed by atoms with E-state index in [0.717, 1.165) is 24.8 Å². The summed E-state index contributed by atoms with van der Waals surface area (Å²) in [6, 6.07) is 13.2. The highest BCUT2D eigenvalue weighted by Crippen LogP contribution is 2.20. The number of nitrogens with one attached hydrogen (secondary N) is 2. The Morgan fingerprint density at radius 3 is 2.84 bits per heavy atom. The molecule has 0 unspecified atom stereocenters. The summed E-state index contributed by atoms with van der Waals surface area (Å²) in [6.07, 6.45) is 4.90. The maximum atomic E-state index is 12.9. The van der Waals surface area contributed by atoms with Crippen molar-refractivity contribution in [2.45, 2.75) is 39.2 Å². The topological polar surface area (TPSA) is 81.8 Å². The molecular weight excluding hydrogens is 412 g/mol. The molecule has 0 spiro atoms. The van der Waals surface area contributed by atoms with Gasteiger partial charge in [0.1, 0.15) is 5.82 Å². The van der Waals surface area contributed by atoms with Crippen LogP contribution in [0, 0.1) is 0 Å². The molecule has 0 bridgehead atoms. The lowest BCUT2D eigenvalue weighted by atomic mass is 10.1. The van der Waals surface area contributed by atoms with E-state index in [4.69, 9.17) is 11.6 Å². The summed E-state index contributed by atoms with van der Waals surface area (Å²) in [4.78, 5) is 37.7. The number of fused-ring (bicyclic) bond motifs is 2. The maximum absolute atomic E-state index is 12.9. The zero-order chi connectivity index (χ0) is 21.8. The molecule has 0 saturated carbocycles. The number of carbonyl (C=O) groups is 1. The summed E-state index contributed by atoms with van der Waals surface area (Å²) in [5.41, 5.74) is 2.65. The van der Waals surface area contributed by atoms with Gasteiger partial charge in [-0.2, -0.15) is 0 Å². The normalized spacial score (nSPS) is 11.3. The van der Waals surface area contributed by atoms with E-state index in [9.17, 15) is 9.59 Å². The fraction of sp³-hybridized carbons (Fsp3) is 0.292. The fourth-order valence-electron chi connectivity index (χ4n) is 3.91. The zero-order valence-corrected chi connectivity index (χ0v) is 18.2. The van der Waals surface area contributed by atoms with Gasteiger partial charge in [0.05, 0.1) is 17.4 Å². The largest absolute Gasteiger partial charge is 0.361 e. The Kier molecular flexibility index (Phi) is 6.37. The number of hydrogen-bond acceptors (Lipinski definition) is 3. The van der Waals surface area contributed by atoms with Crippen LogP contribution in [-0.2, 0) is 17.8 Å². The monoisotopic (exact) mass is 436 g/mol. The van der Waals surface area contributed by atoms with Crippen molar-refractivity contribution in [3.05, 3.63) is 75.4 Å². The zero-order valence-electron chi connectivity index (χ0n) is 17.5. The number of carbonyl (C=O) groups excluding carboxylic acids is 1. The average Bonchev–Trinajstić information content (AvgIpc) is 3.16. The van der Waals surface area contributed by atoms with Gasteiger partial charge in [-0.25, -0.2) is 4.98 Å². The van der Waals surface area contributed by atoms with Crippen molar-refractivity contribution < 1.29 is 4.79 Å². The Morgan fingerprint density at radius 1 is 1.16 bits per heavy atom. The van der Waals surface area contributed by atoms with Crippen molar-refractivity contribution >= 4 is 39.3 Å². The molecule has 160 valence electrons. The van der Waals surface area contributed by atoms with Crippen LogP contribution in [0.3, 0.4) is 0 Å². The van der Waals surface area contributed by atoms with E-state index in [-0.39, 0.29) is 18.0 Å². The summed E-state index contributed by atoms with van der Waals surface area (Å²) in [5.74, 6) is 0.536. The first-order valence-electron chi connectivity index (χ1n) is 10.6. The molecule has 2 aromatic heterocycles. The van der Waals surface area contributed by atoms with Gasteiger partial charge >= 0.3 is 0 Å². The van der Waals surface area contributed by atoms with Gasteiger partial charge in [0.2, 0.25) is 5.91 Å². The number of hydrogen-bond donors (Lipinski definition) is 2. The van der Waals surface area contributed by atoms with Crippen LogP contribution >= 0.6 is 11.6 Å². The molecule has 2 heterocycles. The third-order valence-corrected chi connectivity index (χ3v) is 5.65. The van der Waals surface area contributed by atoms with Gasteiger partial charge in [-0.3, -0.25) is 9.59 Å². The fourth-order valence-corrected chi connectivity index (χ4v) is 4.07. The van der Waals surface area contributed by atoms with Gasteiger partial charge in [0, 0.05) is 35.1 Å². The van der Waals surface area contributed by atoms with Crippen molar-refractivity contribution in [1.82, 2.24) is 19.9 Å². The van der Waals surface area contributed by atoms with E-state index < -0.39 is 0 Å². The molecule has 31 heavy (non-hydrogen) atoms. The summed E-state index contributed by atoms with van der Waals surface area (Å²) in [6.45, 7) is 2.92. The van der Waals surface area contributed by atoms with Gasteiger partial charge in [-0.05, 0) is 49.1 Å². The van der Waals surface area contributed by atoms with E-state index in [1.807, 2.05) is 25.3 Å². The van der Waals surface area contributed by atoms with E-state index in [1.54, 1.807) is 23.1 Å². The highest BCUT2D eigenvalue weighted by molar-refractivity contribution is 6.31. The van der Waals surface area contributed by atoms with Crippen molar-refractivity contribution in [3.63, 3.8) is 0 Å². The predicted molar refractivity (Wildman–Crippen MR) is 124 cm³/mol. The maximum Gasteiger partial charge on any atom is 0.258 e. The highest BCUT2D eigenvalue weighted by atomic mass is 35.5. The van der Waals surface area contributed by atoms with E-state index >= 15 is 0 Å². The van der Waals surface area contributed by atoms with Crippen LogP contribution in [0.2, 0.25) is 5.02 Å². The number of rotatable bonds is 8. The van der Waals surface area contributed by atoms with Crippen LogP contribution < -0.4 is 5.56 Å². The molecular formula is C24H25ClN4O2. The first-order chi connectivity index (χ1) is 15.0. The van der Waals surface area contributed by atoms with Crippen LogP contribution in [0.15, 0.2) is 53.5 Å². The molecule has 4 aromatic rings. The second-order valence-corrected chi connectivity index (χ2v) is 8.14. The molecule has 1 amide bonds. The van der Waals surface area contributed by atoms with Crippen molar-refractivity contribution in [3.8, 4) is 0 Å². The van der Waals surface area contributed by atoms with Crippen LogP contribution in [0.25, 0.3) is 21.8 Å². The Balaban J connectivity index is 1.44. The van der Waals surface area contributed by atoms with E-state index in [0.29, 0.717) is 34.7 Å². The number of aromatic nitrogens is 3. The summed E-state index contributed by atoms with van der Waals surface area (Å²) < 4.78 is 0. The first kappa shape index (κ1) is 21.1. The number of aryl methyl sites for hydroxylation is 1. The molecule has 0 atom stereocenters. The number of halogens is 1. The van der Waals surface area contributed by atoms with Gasteiger partial charge in [0.15, 0.2) is 0 Å². The Bertz CT molecular complexity index is 1280. The van der Waals surface area contributed by atoms with Gasteiger partial charge in [0.25, 0.3) is 5.56 Å². The standard InChI is InChI=1S/C24H25ClN4O2/c1-2-12-29(15-22-27-21-13-17(25)10-11-19(21)24(31)28-22)23(30)9-5-6-16-14-26-20-8-4-3-7-18(16)20/h3-4,7-8,10-11,13-14,26H,2,5-6,9,12,15H2,1H3,(H,27,28,31). The molecule has 2 aromatic carbocycles. The number of para-hydroxylation sites is 1. The second-order valence-electron chi connectivity index (χ2n) is 7.70. The third kappa shape index (κ3) is 4.80. The Hall–Kier alpha value is -3.12. The lowest BCUT2D eigenvalue weighted by Crippen LogP contribution is -2.32. The average molecular weight is 437 g/mol. The van der Waals surface area contributed by atoms with Gasteiger partial charge < -0.3 is 14.9 Å².